The molecule has 3 aliphatic heterocycles. The van der Waals surface area contributed by atoms with E-state index in [-0.39, 0.29) is 30.3 Å². The highest BCUT2D eigenvalue weighted by Crippen LogP contribution is 2.55. The predicted molar refractivity (Wildman–Crippen MR) is 108 cm³/mol. The number of hydrogen-bond acceptors (Lipinski definition) is 6. The monoisotopic (exact) mass is 410 g/mol. The summed E-state index contributed by atoms with van der Waals surface area (Å²) in [6.45, 7) is 1.92. The van der Waals surface area contributed by atoms with Crippen molar-refractivity contribution in [3.63, 3.8) is 0 Å². The Balaban J connectivity index is 1.29. The van der Waals surface area contributed by atoms with E-state index in [9.17, 15) is 9.90 Å². The smallest absolute Gasteiger partial charge is 0.260 e. The topological polar surface area (TPSA) is 81.1 Å². The number of amides is 1. The van der Waals surface area contributed by atoms with Gasteiger partial charge >= 0.3 is 0 Å². The highest BCUT2D eigenvalue weighted by atomic mass is 16.5. The maximum Gasteiger partial charge on any atom is 0.260 e. The van der Waals surface area contributed by atoms with E-state index in [0.717, 1.165) is 25.0 Å². The number of carbonyl (C=O) groups is 1. The van der Waals surface area contributed by atoms with Crippen LogP contribution in [-0.4, -0.2) is 52.8 Å². The van der Waals surface area contributed by atoms with E-state index < -0.39 is 5.60 Å². The molecule has 0 bridgehead atoms. The third-order valence-electron chi connectivity index (χ3n) is 6.59. The number of aromatic nitrogens is 1. The Morgan fingerprint density at radius 2 is 2.13 bits per heavy atom. The second kappa shape index (κ2) is 7.80. The minimum absolute atomic E-state index is 0.00165. The predicted octanol–water partition coefficient (Wildman–Crippen LogP) is 3.09. The van der Waals surface area contributed by atoms with Gasteiger partial charge in [-0.2, -0.15) is 0 Å². The summed E-state index contributed by atoms with van der Waals surface area (Å²) in [5, 5.41) is 10.4. The summed E-state index contributed by atoms with van der Waals surface area (Å²) < 4.78 is 18.2. The Bertz CT molecular complexity index is 911. The fourth-order valence-electron chi connectivity index (χ4n) is 5.06. The first-order valence-corrected chi connectivity index (χ1v) is 10.6. The van der Waals surface area contributed by atoms with Crippen molar-refractivity contribution in [1.82, 2.24) is 9.88 Å². The van der Waals surface area contributed by atoms with E-state index in [4.69, 9.17) is 14.2 Å². The van der Waals surface area contributed by atoms with Gasteiger partial charge in [-0.25, -0.2) is 0 Å². The normalized spacial score (nSPS) is 24.5. The summed E-state index contributed by atoms with van der Waals surface area (Å²) >= 11 is 0. The highest BCUT2D eigenvalue weighted by molar-refractivity contribution is 5.77. The van der Waals surface area contributed by atoms with E-state index in [0.29, 0.717) is 37.4 Å². The maximum atomic E-state index is 12.7. The third-order valence-corrected chi connectivity index (χ3v) is 6.59. The van der Waals surface area contributed by atoms with E-state index in [1.165, 1.54) is 0 Å². The van der Waals surface area contributed by atoms with Crippen LogP contribution >= 0.6 is 0 Å². The number of phenolic OH excluding ortho intramolecular Hbond substituents is 1. The van der Waals surface area contributed by atoms with Gasteiger partial charge in [0.1, 0.15) is 11.4 Å². The van der Waals surface area contributed by atoms with Gasteiger partial charge in [0.25, 0.3) is 5.91 Å². The van der Waals surface area contributed by atoms with Gasteiger partial charge in [0.2, 0.25) is 0 Å². The van der Waals surface area contributed by atoms with E-state index in [1.54, 1.807) is 30.6 Å². The number of rotatable bonds is 3. The van der Waals surface area contributed by atoms with Crippen LogP contribution in [0.1, 0.15) is 37.4 Å². The van der Waals surface area contributed by atoms with Gasteiger partial charge < -0.3 is 24.2 Å². The molecule has 2 fully saturated rings. The lowest BCUT2D eigenvalue weighted by atomic mass is 9.70. The standard InChI is InChI=1S/C23H26N2O5/c26-19-7-1-5-17-21-18(6-3-13-28-21)23(30-22(17)19)8-11-25(12-9-23)20(27)15-29-16-4-2-10-24-14-16/h1-2,4-5,7,10,14,18,21,26H,3,6,8-9,11-13,15H2/t18-,21+/m0/s1. The van der Waals surface area contributed by atoms with Crippen molar-refractivity contribution in [2.45, 2.75) is 37.4 Å². The minimum Gasteiger partial charge on any atom is -0.504 e. The summed E-state index contributed by atoms with van der Waals surface area (Å²) in [6, 6.07) is 9.05. The Hall–Kier alpha value is -2.80. The molecule has 30 heavy (non-hydrogen) atoms. The number of pyridine rings is 1. The van der Waals surface area contributed by atoms with Gasteiger partial charge in [0.05, 0.1) is 12.3 Å². The summed E-state index contributed by atoms with van der Waals surface area (Å²) in [5.41, 5.74) is 0.520. The van der Waals surface area contributed by atoms with E-state index in [1.807, 2.05) is 17.0 Å². The lowest BCUT2D eigenvalue weighted by molar-refractivity contribution is -0.158. The number of carbonyl (C=O) groups excluding carboxylic acids is 1. The van der Waals surface area contributed by atoms with Crippen molar-refractivity contribution >= 4 is 5.91 Å². The van der Waals surface area contributed by atoms with Crippen LogP contribution < -0.4 is 9.47 Å². The lowest BCUT2D eigenvalue weighted by Gasteiger charge is -2.53. The number of piperidine rings is 1. The Morgan fingerprint density at radius 1 is 1.27 bits per heavy atom. The van der Waals surface area contributed by atoms with Gasteiger partial charge in [0.15, 0.2) is 18.1 Å². The van der Waals surface area contributed by atoms with Gasteiger partial charge in [-0.1, -0.05) is 12.1 Å². The molecule has 1 N–H and O–H groups in total. The number of likely N-dealkylation sites (tertiary alicyclic amines) is 1. The molecule has 7 heteroatoms. The zero-order chi connectivity index (χ0) is 20.6. The first-order valence-electron chi connectivity index (χ1n) is 10.6. The van der Waals surface area contributed by atoms with E-state index >= 15 is 0 Å². The van der Waals surface area contributed by atoms with E-state index in [2.05, 4.69) is 4.98 Å². The molecule has 158 valence electrons. The summed E-state index contributed by atoms with van der Waals surface area (Å²) in [5.74, 6) is 1.47. The Kier molecular flexibility index (Phi) is 4.98. The first-order chi connectivity index (χ1) is 14.7. The molecule has 2 aromatic rings. The summed E-state index contributed by atoms with van der Waals surface area (Å²) in [6.07, 6.45) is 6.65. The highest BCUT2D eigenvalue weighted by Gasteiger charge is 2.53. The van der Waals surface area contributed by atoms with Crippen LogP contribution in [0.25, 0.3) is 0 Å². The Morgan fingerprint density at radius 3 is 2.93 bits per heavy atom. The molecule has 0 unspecified atom stereocenters. The molecule has 3 aliphatic rings. The number of fused-ring (bicyclic) bond motifs is 4. The molecule has 1 aromatic heterocycles. The average Bonchev–Trinajstić information content (AvgIpc) is 2.80. The van der Waals surface area contributed by atoms with Crippen LogP contribution in [0.5, 0.6) is 17.2 Å². The fourth-order valence-corrected chi connectivity index (χ4v) is 5.06. The van der Waals surface area contributed by atoms with Gasteiger partial charge in [-0.05, 0) is 31.0 Å². The molecule has 5 rings (SSSR count). The molecule has 1 spiro atoms. The first kappa shape index (κ1) is 19.2. The lowest BCUT2D eigenvalue weighted by Crippen LogP contribution is -2.58. The van der Waals surface area contributed by atoms with Gasteiger partial charge in [0, 0.05) is 50.2 Å². The second-order valence-electron chi connectivity index (χ2n) is 8.26. The average molecular weight is 410 g/mol. The number of benzene rings is 1. The van der Waals surface area contributed by atoms with Crippen molar-refractivity contribution in [2.75, 3.05) is 26.3 Å². The number of ether oxygens (including phenoxy) is 3. The van der Waals surface area contributed by atoms with Crippen LogP contribution in [0.15, 0.2) is 42.7 Å². The third kappa shape index (κ3) is 3.37. The summed E-state index contributed by atoms with van der Waals surface area (Å²) in [4.78, 5) is 18.5. The molecule has 1 amide bonds. The largest absolute Gasteiger partial charge is 0.504 e. The maximum absolute atomic E-state index is 12.7. The molecule has 2 atom stereocenters. The number of phenols is 1. The zero-order valence-corrected chi connectivity index (χ0v) is 16.8. The van der Waals surface area contributed by atoms with Crippen molar-refractivity contribution in [3.8, 4) is 17.2 Å². The van der Waals surface area contributed by atoms with Crippen LogP contribution in [0.2, 0.25) is 0 Å². The van der Waals surface area contributed by atoms with Crippen molar-refractivity contribution in [1.29, 1.82) is 0 Å². The summed E-state index contributed by atoms with van der Waals surface area (Å²) in [7, 11) is 0. The van der Waals surface area contributed by atoms with Crippen LogP contribution in [0.3, 0.4) is 0 Å². The Labute approximate surface area is 175 Å². The number of nitrogens with zero attached hydrogens (tertiary/aromatic N) is 2. The number of aromatic hydroxyl groups is 1. The zero-order valence-electron chi connectivity index (χ0n) is 16.8. The molecule has 2 saturated heterocycles. The molecular formula is C23H26N2O5. The molecule has 0 radical (unpaired) electrons. The van der Waals surface area contributed by atoms with Crippen molar-refractivity contribution < 1.29 is 24.1 Å². The SMILES string of the molecule is O=C(COc1cccnc1)N1CCC2(CC1)Oc1c(O)cccc1[C@H]1OCCC[C@@H]12. The number of hydrogen-bond donors (Lipinski definition) is 1. The van der Waals surface area contributed by atoms with Crippen molar-refractivity contribution in [2.24, 2.45) is 5.92 Å². The van der Waals surface area contributed by atoms with Crippen LogP contribution in [0.4, 0.5) is 0 Å². The molecule has 0 aliphatic carbocycles. The second-order valence-corrected chi connectivity index (χ2v) is 8.26. The molecule has 0 saturated carbocycles. The fraction of sp³-hybridized carbons (Fsp3) is 0.478. The minimum atomic E-state index is -0.419. The van der Waals surface area contributed by atoms with Crippen LogP contribution in [-0.2, 0) is 9.53 Å². The number of para-hydroxylation sites is 1. The molecular weight excluding hydrogens is 384 g/mol. The van der Waals surface area contributed by atoms with Gasteiger partial charge in [-0.15, -0.1) is 0 Å². The molecule has 1 aromatic carbocycles. The quantitative estimate of drug-likeness (QED) is 0.838. The molecule has 7 nitrogen and oxygen atoms in total. The molecule has 4 heterocycles. The van der Waals surface area contributed by atoms with Crippen molar-refractivity contribution in [3.05, 3.63) is 48.3 Å². The van der Waals surface area contributed by atoms with Crippen LogP contribution in [0, 0.1) is 5.92 Å². The van der Waals surface area contributed by atoms with Gasteiger partial charge in [-0.3, -0.25) is 9.78 Å².